The van der Waals surface area contributed by atoms with E-state index in [1.807, 2.05) is 36.4 Å². The SMILES string of the molecule is O=[N+]([O-])C1Cc2cc(Br)cc(Br)c2OC1c1ccc(Br)cc1. The van der Waals surface area contributed by atoms with Gasteiger partial charge in [0, 0.05) is 25.9 Å². The van der Waals surface area contributed by atoms with Gasteiger partial charge in [0.05, 0.1) is 4.47 Å². The van der Waals surface area contributed by atoms with Crippen LogP contribution < -0.4 is 4.74 Å². The molecule has 2 aromatic rings. The van der Waals surface area contributed by atoms with Gasteiger partial charge < -0.3 is 4.74 Å². The van der Waals surface area contributed by atoms with Crippen LogP contribution >= 0.6 is 47.8 Å². The fourth-order valence-electron chi connectivity index (χ4n) is 2.56. The van der Waals surface area contributed by atoms with Gasteiger partial charge in [0.25, 0.3) is 6.04 Å². The fourth-order valence-corrected chi connectivity index (χ4v) is 4.23. The molecule has 0 fully saturated rings. The summed E-state index contributed by atoms with van der Waals surface area (Å²) in [5, 5.41) is 11.5. The van der Waals surface area contributed by atoms with Gasteiger partial charge in [0.15, 0.2) is 6.10 Å². The van der Waals surface area contributed by atoms with E-state index < -0.39 is 12.1 Å². The number of hydrogen-bond acceptors (Lipinski definition) is 3. The van der Waals surface area contributed by atoms with E-state index in [0.29, 0.717) is 12.2 Å². The average molecular weight is 492 g/mol. The zero-order valence-electron chi connectivity index (χ0n) is 11.1. The van der Waals surface area contributed by atoms with Crippen molar-refractivity contribution in [3.63, 3.8) is 0 Å². The van der Waals surface area contributed by atoms with Gasteiger partial charge in [0.1, 0.15) is 5.75 Å². The van der Waals surface area contributed by atoms with Crippen LogP contribution in [-0.4, -0.2) is 11.0 Å². The maximum absolute atomic E-state index is 11.5. The van der Waals surface area contributed by atoms with Gasteiger partial charge in [-0.2, -0.15) is 0 Å². The predicted octanol–water partition coefficient (Wildman–Crippen LogP) is 5.30. The van der Waals surface area contributed by atoms with Crippen LogP contribution in [0.15, 0.2) is 49.8 Å². The molecule has 0 aromatic heterocycles. The Kier molecular flexibility index (Phi) is 4.56. The van der Waals surface area contributed by atoms with E-state index in [9.17, 15) is 10.1 Å². The zero-order valence-corrected chi connectivity index (χ0v) is 15.9. The molecule has 0 bridgehead atoms. The molecule has 0 saturated heterocycles. The minimum atomic E-state index is -0.810. The number of rotatable bonds is 2. The Labute approximate surface area is 152 Å². The zero-order chi connectivity index (χ0) is 15.9. The lowest BCUT2D eigenvalue weighted by atomic mass is 9.93. The Morgan fingerprint density at radius 2 is 1.77 bits per heavy atom. The first kappa shape index (κ1) is 16.0. The molecule has 0 aliphatic carbocycles. The van der Waals surface area contributed by atoms with Gasteiger partial charge in [-0.15, -0.1) is 0 Å². The predicted molar refractivity (Wildman–Crippen MR) is 93.8 cm³/mol. The van der Waals surface area contributed by atoms with Gasteiger partial charge in [-0.05, 0) is 45.8 Å². The van der Waals surface area contributed by atoms with Crippen LogP contribution in [0, 0.1) is 10.1 Å². The molecule has 1 heterocycles. The highest BCUT2D eigenvalue weighted by atomic mass is 79.9. The third kappa shape index (κ3) is 3.07. The first-order valence-corrected chi connectivity index (χ1v) is 8.87. The van der Waals surface area contributed by atoms with Crippen molar-refractivity contribution in [3.05, 3.63) is 71.1 Å². The summed E-state index contributed by atoms with van der Waals surface area (Å²) in [6.07, 6.45) is -0.269. The third-order valence-electron chi connectivity index (χ3n) is 3.58. The summed E-state index contributed by atoms with van der Waals surface area (Å²) in [5.74, 6) is 0.675. The average Bonchev–Trinajstić information content (AvgIpc) is 2.47. The van der Waals surface area contributed by atoms with E-state index in [1.165, 1.54) is 0 Å². The number of hydrogen-bond donors (Lipinski definition) is 0. The summed E-state index contributed by atoms with van der Waals surface area (Å²) >= 11 is 10.2. The van der Waals surface area contributed by atoms with Crippen LogP contribution in [0.5, 0.6) is 5.75 Å². The van der Waals surface area contributed by atoms with Crippen LogP contribution in [0.25, 0.3) is 0 Å². The van der Waals surface area contributed by atoms with Gasteiger partial charge in [-0.1, -0.05) is 44.0 Å². The Bertz CT molecular complexity index is 734. The van der Waals surface area contributed by atoms with E-state index in [1.54, 1.807) is 0 Å². The topological polar surface area (TPSA) is 52.4 Å². The van der Waals surface area contributed by atoms with Crippen molar-refractivity contribution in [2.75, 3.05) is 0 Å². The highest BCUT2D eigenvalue weighted by Crippen LogP contribution is 2.42. The number of benzene rings is 2. The second-order valence-electron chi connectivity index (χ2n) is 5.02. The molecule has 0 N–H and O–H groups in total. The van der Waals surface area contributed by atoms with Gasteiger partial charge >= 0.3 is 0 Å². The monoisotopic (exact) mass is 489 g/mol. The lowest BCUT2D eigenvalue weighted by molar-refractivity contribution is -0.535. The molecule has 1 aliphatic rings. The van der Waals surface area contributed by atoms with Gasteiger partial charge in [-0.25, -0.2) is 0 Å². The van der Waals surface area contributed by atoms with Gasteiger partial charge in [0.2, 0.25) is 0 Å². The highest BCUT2D eigenvalue weighted by molar-refractivity contribution is 9.11. The molecule has 2 unspecified atom stereocenters. The Hall–Kier alpha value is -0.920. The van der Waals surface area contributed by atoms with Crippen LogP contribution in [0.4, 0.5) is 0 Å². The molecule has 0 radical (unpaired) electrons. The molecule has 1 aliphatic heterocycles. The van der Waals surface area contributed by atoms with E-state index in [-0.39, 0.29) is 4.92 Å². The standard InChI is InChI=1S/C15H10Br3NO3/c16-10-3-1-8(2-4-10)15-13(19(20)21)6-9-5-11(17)7-12(18)14(9)22-15/h1-5,7,13,15H,6H2. The quantitative estimate of drug-likeness (QED) is 0.423. The van der Waals surface area contributed by atoms with Gasteiger partial charge in [-0.3, -0.25) is 10.1 Å². The molecule has 3 rings (SSSR count). The van der Waals surface area contributed by atoms with Crippen molar-refractivity contribution in [2.45, 2.75) is 18.6 Å². The van der Waals surface area contributed by atoms with E-state index in [4.69, 9.17) is 4.74 Å². The van der Waals surface area contributed by atoms with Crippen molar-refractivity contribution in [1.82, 2.24) is 0 Å². The normalized spacial score (nSPS) is 20.1. The molecular weight excluding hydrogens is 482 g/mol. The van der Waals surface area contributed by atoms with Crippen molar-refractivity contribution >= 4 is 47.8 Å². The molecule has 4 nitrogen and oxygen atoms in total. The second-order valence-corrected chi connectivity index (χ2v) is 7.71. The summed E-state index contributed by atoms with van der Waals surface area (Å²) in [5.41, 5.74) is 1.63. The minimum Gasteiger partial charge on any atom is -0.477 e. The van der Waals surface area contributed by atoms with E-state index >= 15 is 0 Å². The van der Waals surface area contributed by atoms with Crippen LogP contribution in [0.1, 0.15) is 17.2 Å². The number of nitro groups is 1. The van der Waals surface area contributed by atoms with Crippen molar-refractivity contribution < 1.29 is 9.66 Å². The summed E-state index contributed by atoms with van der Waals surface area (Å²) in [6.45, 7) is 0. The molecule has 7 heteroatoms. The second kappa shape index (κ2) is 6.29. The summed E-state index contributed by atoms with van der Waals surface area (Å²) in [4.78, 5) is 11.2. The first-order valence-electron chi connectivity index (χ1n) is 6.49. The lowest BCUT2D eigenvalue weighted by Gasteiger charge is -2.29. The Balaban J connectivity index is 2.05. The highest BCUT2D eigenvalue weighted by Gasteiger charge is 2.40. The Morgan fingerprint density at radius 1 is 1.09 bits per heavy atom. The van der Waals surface area contributed by atoms with Crippen molar-refractivity contribution in [3.8, 4) is 5.75 Å². The minimum absolute atomic E-state index is 0.259. The molecule has 2 aromatic carbocycles. The summed E-state index contributed by atoms with van der Waals surface area (Å²) in [7, 11) is 0. The number of ether oxygens (including phenoxy) is 1. The number of fused-ring (bicyclic) bond motifs is 1. The van der Waals surface area contributed by atoms with E-state index in [0.717, 1.165) is 24.5 Å². The van der Waals surface area contributed by atoms with Crippen molar-refractivity contribution in [1.29, 1.82) is 0 Å². The molecule has 114 valence electrons. The molecule has 0 amide bonds. The first-order chi connectivity index (χ1) is 10.5. The Morgan fingerprint density at radius 3 is 2.41 bits per heavy atom. The maximum Gasteiger partial charge on any atom is 0.257 e. The smallest absolute Gasteiger partial charge is 0.257 e. The third-order valence-corrected chi connectivity index (χ3v) is 5.15. The molecular formula is C15H10Br3NO3. The summed E-state index contributed by atoms with van der Waals surface area (Å²) < 4.78 is 8.58. The molecule has 2 atom stereocenters. The van der Waals surface area contributed by atoms with Crippen LogP contribution in [0.2, 0.25) is 0 Å². The fraction of sp³-hybridized carbons (Fsp3) is 0.200. The molecule has 22 heavy (non-hydrogen) atoms. The molecule has 0 saturated carbocycles. The molecule has 0 spiro atoms. The number of halogens is 3. The van der Waals surface area contributed by atoms with Crippen molar-refractivity contribution in [2.24, 2.45) is 0 Å². The maximum atomic E-state index is 11.5. The summed E-state index contributed by atoms with van der Waals surface area (Å²) in [6, 6.07) is 10.4. The largest absolute Gasteiger partial charge is 0.477 e. The lowest BCUT2D eigenvalue weighted by Crippen LogP contribution is -2.36. The van der Waals surface area contributed by atoms with Crippen LogP contribution in [0.3, 0.4) is 0 Å². The number of nitrogens with zero attached hydrogens (tertiary/aromatic N) is 1. The van der Waals surface area contributed by atoms with Crippen LogP contribution in [-0.2, 0) is 6.42 Å². The van der Waals surface area contributed by atoms with E-state index in [2.05, 4.69) is 47.8 Å².